The molecule has 0 atom stereocenters. The monoisotopic (exact) mass is 196 g/mol. The van der Waals surface area contributed by atoms with Crippen molar-refractivity contribution in [3.8, 4) is 0 Å². The van der Waals surface area contributed by atoms with Crippen LogP contribution in [0.2, 0.25) is 0 Å². The lowest BCUT2D eigenvalue weighted by Gasteiger charge is -2.03. The van der Waals surface area contributed by atoms with Crippen LogP contribution < -0.4 is 0 Å². The third-order valence-corrected chi connectivity index (χ3v) is 2.43. The summed E-state index contributed by atoms with van der Waals surface area (Å²) in [5, 5.41) is 0. The van der Waals surface area contributed by atoms with Gasteiger partial charge in [0, 0.05) is 6.61 Å². The van der Waals surface area contributed by atoms with Crippen molar-refractivity contribution in [2.75, 3.05) is 25.6 Å². The molecular weight excluding hydrogens is 180 g/mol. The van der Waals surface area contributed by atoms with Gasteiger partial charge in [-0.15, -0.1) is 0 Å². The molecule has 0 spiro atoms. The second kappa shape index (κ2) is 6.39. The minimum atomic E-state index is -3.29. The Labute approximate surface area is 74.0 Å². The van der Waals surface area contributed by atoms with E-state index in [9.17, 15) is 8.42 Å². The molecule has 0 saturated heterocycles. The molecule has 0 aliphatic carbocycles. The zero-order chi connectivity index (χ0) is 9.45. The Morgan fingerprint density at radius 1 is 1.08 bits per heavy atom. The molecule has 0 rings (SSSR count). The van der Waals surface area contributed by atoms with Gasteiger partial charge in [0.15, 0.2) is 0 Å². The molecule has 5 heteroatoms. The number of hydrogen-bond donors (Lipinski definition) is 0. The second-order valence-electron chi connectivity index (χ2n) is 2.28. The first-order valence-corrected chi connectivity index (χ1v) is 5.65. The first-order chi connectivity index (χ1) is 5.62. The molecule has 0 aromatic heterocycles. The van der Waals surface area contributed by atoms with Gasteiger partial charge in [-0.1, -0.05) is 6.92 Å². The lowest BCUT2D eigenvalue weighted by Crippen LogP contribution is -2.12. The van der Waals surface area contributed by atoms with Crippen LogP contribution in [0.5, 0.6) is 0 Å². The summed E-state index contributed by atoms with van der Waals surface area (Å²) < 4.78 is 31.1. The number of rotatable bonds is 7. The highest BCUT2D eigenvalue weighted by Crippen LogP contribution is 1.91. The van der Waals surface area contributed by atoms with E-state index in [1.54, 1.807) is 6.92 Å². The van der Waals surface area contributed by atoms with Crippen molar-refractivity contribution in [2.24, 2.45) is 0 Å². The van der Waals surface area contributed by atoms with Crippen molar-refractivity contribution in [1.82, 2.24) is 0 Å². The largest absolute Gasteiger partial charge is 0.379 e. The summed E-state index contributed by atoms with van der Waals surface area (Å²) in [7, 11) is -3.29. The van der Waals surface area contributed by atoms with Gasteiger partial charge in [-0.05, 0) is 13.3 Å². The van der Waals surface area contributed by atoms with Crippen LogP contribution in [0, 0.1) is 0 Å². The Balaban J connectivity index is 3.32. The maximum atomic E-state index is 10.8. The molecule has 12 heavy (non-hydrogen) atoms. The zero-order valence-electron chi connectivity index (χ0n) is 7.58. The van der Waals surface area contributed by atoms with E-state index in [2.05, 4.69) is 4.18 Å². The molecule has 0 fully saturated rings. The smallest absolute Gasteiger partial charge is 0.267 e. The number of hydrogen-bond acceptors (Lipinski definition) is 4. The van der Waals surface area contributed by atoms with Crippen LogP contribution >= 0.6 is 0 Å². The van der Waals surface area contributed by atoms with Crippen LogP contribution in [0.1, 0.15) is 20.3 Å². The summed E-state index contributed by atoms with van der Waals surface area (Å²) in [6.07, 6.45) is 0.931. The van der Waals surface area contributed by atoms with Gasteiger partial charge in [0.05, 0.1) is 19.0 Å². The van der Waals surface area contributed by atoms with Crippen LogP contribution in [0.15, 0.2) is 0 Å². The topological polar surface area (TPSA) is 52.6 Å². The molecule has 0 aliphatic heterocycles. The molecule has 0 aromatic carbocycles. The molecule has 0 bridgehead atoms. The second-order valence-corrected chi connectivity index (χ2v) is 4.21. The van der Waals surface area contributed by atoms with Crippen molar-refractivity contribution in [3.05, 3.63) is 0 Å². The minimum Gasteiger partial charge on any atom is -0.379 e. The summed E-state index contributed by atoms with van der Waals surface area (Å²) in [6, 6.07) is 0. The van der Waals surface area contributed by atoms with Crippen LogP contribution in [-0.4, -0.2) is 34.0 Å². The van der Waals surface area contributed by atoms with Crippen LogP contribution in [0.3, 0.4) is 0 Å². The predicted octanol–water partition coefficient (Wildman–Crippen LogP) is 0.779. The Bertz CT molecular complexity index is 186. The molecular formula is C7H16O4S. The zero-order valence-corrected chi connectivity index (χ0v) is 8.39. The normalized spacial score (nSPS) is 11.8. The summed E-state index contributed by atoms with van der Waals surface area (Å²) >= 11 is 0. The van der Waals surface area contributed by atoms with Crippen molar-refractivity contribution in [3.63, 3.8) is 0 Å². The summed E-state index contributed by atoms with van der Waals surface area (Å²) in [4.78, 5) is 0. The lowest BCUT2D eigenvalue weighted by atomic mass is 10.5. The average molecular weight is 196 g/mol. The first-order valence-electron chi connectivity index (χ1n) is 4.07. The van der Waals surface area contributed by atoms with E-state index in [0.717, 1.165) is 6.42 Å². The highest BCUT2D eigenvalue weighted by molar-refractivity contribution is 7.86. The summed E-state index contributed by atoms with van der Waals surface area (Å²) in [5.74, 6) is 0.0147. The van der Waals surface area contributed by atoms with Gasteiger partial charge in [0.25, 0.3) is 10.1 Å². The van der Waals surface area contributed by atoms with E-state index < -0.39 is 10.1 Å². The average Bonchev–Trinajstić information content (AvgIpc) is 2.04. The fourth-order valence-corrected chi connectivity index (χ4v) is 1.04. The van der Waals surface area contributed by atoms with Gasteiger partial charge in [-0.2, -0.15) is 8.42 Å². The Hall–Kier alpha value is -0.130. The molecule has 0 heterocycles. The lowest BCUT2D eigenvalue weighted by molar-refractivity contribution is 0.103. The van der Waals surface area contributed by atoms with Crippen LogP contribution in [-0.2, 0) is 19.0 Å². The molecule has 0 N–H and O–H groups in total. The molecule has 0 amide bonds. The summed E-state index contributed by atoms with van der Waals surface area (Å²) in [6.45, 7) is 4.64. The van der Waals surface area contributed by atoms with Crippen molar-refractivity contribution < 1.29 is 17.3 Å². The molecule has 4 nitrogen and oxygen atoms in total. The van der Waals surface area contributed by atoms with Gasteiger partial charge in [-0.25, -0.2) is 0 Å². The number of ether oxygens (including phenoxy) is 1. The Morgan fingerprint density at radius 2 is 1.75 bits per heavy atom. The van der Waals surface area contributed by atoms with Crippen LogP contribution in [0.25, 0.3) is 0 Å². The van der Waals surface area contributed by atoms with Crippen LogP contribution in [0.4, 0.5) is 0 Å². The van der Waals surface area contributed by atoms with E-state index in [4.69, 9.17) is 4.74 Å². The van der Waals surface area contributed by atoms with Gasteiger partial charge in [0.1, 0.15) is 0 Å². The fourth-order valence-electron chi connectivity index (χ4n) is 0.550. The van der Waals surface area contributed by atoms with E-state index in [1.165, 1.54) is 0 Å². The fraction of sp³-hybridized carbons (Fsp3) is 1.00. The van der Waals surface area contributed by atoms with E-state index >= 15 is 0 Å². The highest BCUT2D eigenvalue weighted by Gasteiger charge is 2.05. The molecule has 0 radical (unpaired) electrons. The van der Waals surface area contributed by atoms with E-state index in [1.807, 2.05) is 6.92 Å². The third-order valence-electron chi connectivity index (χ3n) is 1.19. The molecule has 0 saturated carbocycles. The SMILES string of the molecule is CCCOCCOS(=O)(=O)CC. The highest BCUT2D eigenvalue weighted by atomic mass is 32.2. The molecule has 0 aliphatic rings. The Kier molecular flexibility index (Phi) is 6.32. The van der Waals surface area contributed by atoms with E-state index in [0.29, 0.717) is 13.2 Å². The first kappa shape index (κ1) is 11.9. The Morgan fingerprint density at radius 3 is 2.25 bits per heavy atom. The van der Waals surface area contributed by atoms with Gasteiger partial charge >= 0.3 is 0 Å². The van der Waals surface area contributed by atoms with Gasteiger partial charge < -0.3 is 4.74 Å². The maximum Gasteiger partial charge on any atom is 0.267 e. The van der Waals surface area contributed by atoms with Crippen molar-refractivity contribution >= 4 is 10.1 Å². The van der Waals surface area contributed by atoms with Crippen molar-refractivity contribution in [2.45, 2.75) is 20.3 Å². The predicted molar refractivity (Wildman–Crippen MR) is 46.5 cm³/mol. The van der Waals surface area contributed by atoms with E-state index in [-0.39, 0.29) is 12.4 Å². The molecule has 0 aromatic rings. The minimum absolute atomic E-state index is 0.0147. The molecule has 0 unspecified atom stereocenters. The molecule has 74 valence electrons. The van der Waals surface area contributed by atoms with Gasteiger partial charge in [0.2, 0.25) is 0 Å². The quantitative estimate of drug-likeness (QED) is 0.446. The summed E-state index contributed by atoms with van der Waals surface area (Å²) in [5.41, 5.74) is 0. The van der Waals surface area contributed by atoms with Crippen molar-refractivity contribution in [1.29, 1.82) is 0 Å². The van der Waals surface area contributed by atoms with Gasteiger partial charge in [-0.3, -0.25) is 4.18 Å². The standard InChI is InChI=1S/C7H16O4S/c1-3-5-10-6-7-11-12(8,9)4-2/h3-7H2,1-2H3. The third kappa shape index (κ3) is 6.57. The maximum absolute atomic E-state index is 10.8.